The van der Waals surface area contributed by atoms with E-state index in [1.165, 1.54) is 17.7 Å². The summed E-state index contributed by atoms with van der Waals surface area (Å²) in [7, 11) is 3.37. The summed E-state index contributed by atoms with van der Waals surface area (Å²) in [6.45, 7) is 1.31. The van der Waals surface area contributed by atoms with Crippen molar-refractivity contribution in [2.45, 2.75) is 18.8 Å². The molecule has 29 heavy (non-hydrogen) atoms. The standard InChI is InChI=1S/C22H24N4O3/c1-24-13-17(12-23-24)16-7-6-10-25(14-16)22(28)19-15-26(18-8-4-3-5-9-18)21(27)11-20(19)29-2/h3-5,8-9,11-13,15-16H,6-7,10,14H2,1-2H3. The van der Waals surface area contributed by atoms with Gasteiger partial charge in [0, 0.05) is 50.2 Å². The van der Waals surface area contributed by atoms with Crippen LogP contribution >= 0.6 is 0 Å². The average Bonchev–Trinajstić information content (AvgIpc) is 3.20. The number of pyridine rings is 1. The molecule has 0 N–H and O–H groups in total. The van der Waals surface area contributed by atoms with Crippen LogP contribution in [0.15, 0.2) is 59.8 Å². The topological polar surface area (TPSA) is 69.4 Å². The minimum absolute atomic E-state index is 0.125. The molecule has 1 aromatic carbocycles. The van der Waals surface area contributed by atoms with Crippen LogP contribution in [-0.2, 0) is 7.05 Å². The minimum Gasteiger partial charge on any atom is -0.496 e. The third-order valence-corrected chi connectivity index (χ3v) is 5.41. The number of likely N-dealkylation sites (tertiary alicyclic amines) is 1. The van der Waals surface area contributed by atoms with Crippen molar-refractivity contribution in [3.05, 3.63) is 76.5 Å². The SMILES string of the molecule is COc1cc(=O)n(-c2ccccc2)cc1C(=O)N1CCCC(c2cnn(C)c2)C1. The molecule has 7 nitrogen and oxygen atoms in total. The van der Waals surface area contributed by atoms with Crippen molar-refractivity contribution in [3.63, 3.8) is 0 Å². The predicted octanol–water partition coefficient (Wildman–Crippen LogP) is 2.60. The number of carbonyl (C=O) groups excluding carboxylic acids is 1. The number of benzene rings is 1. The lowest BCUT2D eigenvalue weighted by molar-refractivity contribution is 0.0703. The highest BCUT2D eigenvalue weighted by molar-refractivity contribution is 5.96. The summed E-state index contributed by atoms with van der Waals surface area (Å²) in [6, 6.07) is 10.6. The van der Waals surface area contributed by atoms with Crippen LogP contribution in [0.5, 0.6) is 5.75 Å². The number of amides is 1. The van der Waals surface area contributed by atoms with Crippen LogP contribution < -0.4 is 10.3 Å². The van der Waals surface area contributed by atoms with E-state index in [4.69, 9.17) is 4.74 Å². The molecule has 0 bridgehead atoms. The van der Waals surface area contributed by atoms with Crippen molar-refractivity contribution in [2.24, 2.45) is 7.05 Å². The average molecular weight is 392 g/mol. The molecule has 1 aliphatic heterocycles. The molecule has 1 unspecified atom stereocenters. The number of nitrogens with zero attached hydrogens (tertiary/aromatic N) is 4. The number of hydrogen-bond donors (Lipinski definition) is 0. The number of ether oxygens (including phenoxy) is 1. The molecule has 150 valence electrons. The quantitative estimate of drug-likeness (QED) is 0.684. The van der Waals surface area contributed by atoms with Crippen LogP contribution in [0.2, 0.25) is 0 Å². The van der Waals surface area contributed by atoms with E-state index in [9.17, 15) is 9.59 Å². The molecule has 1 saturated heterocycles. The van der Waals surface area contributed by atoms with Crippen LogP contribution in [0.25, 0.3) is 5.69 Å². The van der Waals surface area contributed by atoms with Gasteiger partial charge in [0.25, 0.3) is 11.5 Å². The van der Waals surface area contributed by atoms with Gasteiger partial charge in [0.1, 0.15) is 5.75 Å². The fourth-order valence-corrected chi connectivity index (χ4v) is 3.89. The van der Waals surface area contributed by atoms with Gasteiger partial charge in [-0.1, -0.05) is 18.2 Å². The van der Waals surface area contributed by atoms with E-state index >= 15 is 0 Å². The Balaban J connectivity index is 1.66. The fraction of sp³-hybridized carbons (Fsp3) is 0.318. The Labute approximate surface area is 169 Å². The molecule has 0 saturated carbocycles. The van der Waals surface area contributed by atoms with Crippen molar-refractivity contribution in [3.8, 4) is 11.4 Å². The summed E-state index contributed by atoms with van der Waals surface area (Å²) in [6.07, 6.45) is 7.41. The second-order valence-electron chi connectivity index (χ2n) is 7.34. The zero-order valence-corrected chi connectivity index (χ0v) is 16.6. The Morgan fingerprint density at radius 3 is 2.69 bits per heavy atom. The van der Waals surface area contributed by atoms with Crippen molar-refractivity contribution in [2.75, 3.05) is 20.2 Å². The van der Waals surface area contributed by atoms with E-state index < -0.39 is 0 Å². The Morgan fingerprint density at radius 2 is 2.00 bits per heavy atom. The van der Waals surface area contributed by atoms with Crippen LogP contribution in [0.4, 0.5) is 0 Å². The molecule has 0 aliphatic carbocycles. The second-order valence-corrected chi connectivity index (χ2v) is 7.34. The Hall–Kier alpha value is -3.35. The highest BCUT2D eigenvalue weighted by Crippen LogP contribution is 2.29. The van der Waals surface area contributed by atoms with E-state index in [1.54, 1.807) is 10.9 Å². The number of hydrogen-bond acceptors (Lipinski definition) is 4. The Bertz CT molecular complexity index is 1070. The predicted molar refractivity (Wildman–Crippen MR) is 110 cm³/mol. The van der Waals surface area contributed by atoms with Gasteiger partial charge in [-0.3, -0.25) is 18.8 Å². The third-order valence-electron chi connectivity index (χ3n) is 5.41. The molecule has 3 aromatic rings. The number of methoxy groups -OCH3 is 1. The van der Waals surface area contributed by atoms with Gasteiger partial charge in [-0.2, -0.15) is 5.10 Å². The molecular weight excluding hydrogens is 368 g/mol. The van der Waals surface area contributed by atoms with Gasteiger partial charge >= 0.3 is 0 Å². The summed E-state index contributed by atoms with van der Waals surface area (Å²) in [5, 5.41) is 4.26. The van der Waals surface area contributed by atoms with E-state index in [0.717, 1.165) is 18.4 Å². The number of rotatable bonds is 4. The highest BCUT2D eigenvalue weighted by atomic mass is 16.5. The summed E-state index contributed by atoms with van der Waals surface area (Å²) in [4.78, 5) is 27.8. The van der Waals surface area contributed by atoms with Gasteiger partial charge < -0.3 is 9.64 Å². The molecule has 4 rings (SSSR count). The number of aryl methyl sites for hydroxylation is 1. The lowest BCUT2D eigenvalue weighted by Gasteiger charge is -2.32. The zero-order valence-electron chi connectivity index (χ0n) is 16.6. The van der Waals surface area contributed by atoms with Crippen molar-refractivity contribution in [1.82, 2.24) is 19.2 Å². The maximum absolute atomic E-state index is 13.4. The first-order valence-corrected chi connectivity index (χ1v) is 9.70. The minimum atomic E-state index is -0.239. The van der Waals surface area contributed by atoms with Crippen LogP contribution in [0, 0.1) is 0 Å². The second kappa shape index (κ2) is 7.95. The first kappa shape index (κ1) is 19.0. The largest absolute Gasteiger partial charge is 0.496 e. The zero-order chi connectivity index (χ0) is 20.4. The van der Waals surface area contributed by atoms with Gasteiger partial charge in [-0.05, 0) is 30.5 Å². The number of piperidine rings is 1. The van der Waals surface area contributed by atoms with E-state index in [-0.39, 0.29) is 17.4 Å². The van der Waals surface area contributed by atoms with Gasteiger partial charge in [0.15, 0.2) is 0 Å². The Kier molecular flexibility index (Phi) is 5.20. The maximum Gasteiger partial charge on any atom is 0.259 e. The van der Waals surface area contributed by atoms with Crippen molar-refractivity contribution >= 4 is 5.91 Å². The monoisotopic (exact) mass is 392 g/mol. The van der Waals surface area contributed by atoms with Crippen molar-refractivity contribution < 1.29 is 9.53 Å². The molecular formula is C22H24N4O3. The summed E-state index contributed by atoms with van der Waals surface area (Å²) >= 11 is 0. The lowest BCUT2D eigenvalue weighted by atomic mass is 9.92. The normalized spacial score (nSPS) is 16.6. The van der Waals surface area contributed by atoms with Crippen LogP contribution in [-0.4, -0.2) is 45.4 Å². The number of aromatic nitrogens is 3. The molecule has 3 heterocycles. The van der Waals surface area contributed by atoms with E-state index in [0.29, 0.717) is 30.1 Å². The van der Waals surface area contributed by atoms with Gasteiger partial charge in [-0.15, -0.1) is 0 Å². The molecule has 2 aromatic heterocycles. The summed E-state index contributed by atoms with van der Waals surface area (Å²) in [5.41, 5.74) is 2.01. The van der Waals surface area contributed by atoms with E-state index in [2.05, 4.69) is 5.10 Å². The number of para-hydroxylation sites is 1. The van der Waals surface area contributed by atoms with Gasteiger partial charge in [-0.25, -0.2) is 0 Å². The smallest absolute Gasteiger partial charge is 0.259 e. The lowest BCUT2D eigenvalue weighted by Crippen LogP contribution is -2.39. The molecule has 1 fully saturated rings. The first-order valence-electron chi connectivity index (χ1n) is 9.70. The third kappa shape index (κ3) is 3.81. The molecule has 0 spiro atoms. The molecule has 7 heteroatoms. The summed E-state index contributed by atoms with van der Waals surface area (Å²) < 4.78 is 8.64. The number of carbonyl (C=O) groups is 1. The molecule has 1 aliphatic rings. The highest BCUT2D eigenvalue weighted by Gasteiger charge is 2.28. The molecule has 0 radical (unpaired) electrons. The van der Waals surface area contributed by atoms with Gasteiger partial charge in [0.2, 0.25) is 0 Å². The first-order chi connectivity index (χ1) is 14.1. The fourth-order valence-electron chi connectivity index (χ4n) is 3.89. The van der Waals surface area contributed by atoms with Crippen LogP contribution in [0.1, 0.15) is 34.7 Å². The summed E-state index contributed by atoms with van der Waals surface area (Å²) in [5.74, 6) is 0.434. The maximum atomic E-state index is 13.4. The van der Waals surface area contributed by atoms with E-state index in [1.807, 2.05) is 54.7 Å². The van der Waals surface area contributed by atoms with Gasteiger partial charge in [0.05, 0.1) is 18.9 Å². The Morgan fingerprint density at radius 1 is 1.21 bits per heavy atom. The molecule has 1 atom stereocenters. The van der Waals surface area contributed by atoms with Crippen LogP contribution in [0.3, 0.4) is 0 Å². The van der Waals surface area contributed by atoms with Crippen molar-refractivity contribution in [1.29, 1.82) is 0 Å². The molecule has 1 amide bonds.